The van der Waals surface area contributed by atoms with Crippen molar-refractivity contribution in [1.29, 1.82) is 0 Å². The second-order valence-electron chi connectivity index (χ2n) is 6.86. The predicted octanol–water partition coefficient (Wildman–Crippen LogP) is 3.89. The van der Waals surface area contributed by atoms with Crippen molar-refractivity contribution < 1.29 is 14.0 Å². The van der Waals surface area contributed by atoms with Gasteiger partial charge in [-0.15, -0.1) is 0 Å². The highest BCUT2D eigenvalue weighted by Crippen LogP contribution is 2.33. The molecule has 0 atom stereocenters. The van der Waals surface area contributed by atoms with Gasteiger partial charge in [0, 0.05) is 11.1 Å². The van der Waals surface area contributed by atoms with Crippen LogP contribution in [0.5, 0.6) is 0 Å². The van der Waals surface area contributed by atoms with Crippen molar-refractivity contribution in [2.45, 2.75) is 26.3 Å². The summed E-state index contributed by atoms with van der Waals surface area (Å²) in [5.41, 5.74) is 2.38. The Morgan fingerprint density at radius 2 is 1.67 bits per heavy atom. The summed E-state index contributed by atoms with van der Waals surface area (Å²) in [5.74, 6) is -0.0967. The number of aromatic nitrogens is 1. The predicted molar refractivity (Wildman–Crippen MR) is 89.7 cm³/mol. The summed E-state index contributed by atoms with van der Waals surface area (Å²) in [7, 11) is 0. The third-order valence-electron chi connectivity index (χ3n) is 4.10. The van der Waals surface area contributed by atoms with Gasteiger partial charge in [-0.1, -0.05) is 12.1 Å². The van der Waals surface area contributed by atoms with E-state index in [4.69, 9.17) is 4.42 Å². The monoisotopic (exact) mass is 320 g/mol. The van der Waals surface area contributed by atoms with E-state index in [0.717, 1.165) is 5.52 Å². The normalized spacial score (nSPS) is 14.5. The van der Waals surface area contributed by atoms with Crippen LogP contribution in [0.3, 0.4) is 0 Å². The van der Waals surface area contributed by atoms with Crippen LogP contribution >= 0.6 is 0 Å². The molecule has 0 saturated carbocycles. The van der Waals surface area contributed by atoms with E-state index in [-0.39, 0.29) is 11.8 Å². The van der Waals surface area contributed by atoms with E-state index in [1.165, 1.54) is 4.90 Å². The van der Waals surface area contributed by atoms with Gasteiger partial charge in [0.2, 0.25) is 5.89 Å². The van der Waals surface area contributed by atoms with Crippen LogP contribution in [0.1, 0.15) is 41.5 Å². The minimum atomic E-state index is -0.565. The molecular formula is C19H16N2O3. The second-order valence-corrected chi connectivity index (χ2v) is 6.86. The first-order valence-electron chi connectivity index (χ1n) is 7.75. The smallest absolute Gasteiger partial charge is 0.262 e. The Hall–Kier alpha value is -2.95. The summed E-state index contributed by atoms with van der Waals surface area (Å²) in [5, 5.41) is 0. The first-order valence-corrected chi connectivity index (χ1v) is 7.75. The summed E-state index contributed by atoms with van der Waals surface area (Å²) >= 11 is 0. The lowest BCUT2D eigenvalue weighted by Crippen LogP contribution is -2.45. The number of hydrogen-bond donors (Lipinski definition) is 0. The highest BCUT2D eigenvalue weighted by Gasteiger charge is 2.42. The van der Waals surface area contributed by atoms with E-state index >= 15 is 0 Å². The zero-order valence-corrected chi connectivity index (χ0v) is 13.7. The fraction of sp³-hybridized carbons (Fsp3) is 0.211. The van der Waals surface area contributed by atoms with Crippen LogP contribution in [0, 0.1) is 0 Å². The molecule has 5 nitrogen and oxygen atoms in total. The van der Waals surface area contributed by atoms with Gasteiger partial charge in [-0.2, -0.15) is 0 Å². The molecule has 0 spiro atoms. The van der Waals surface area contributed by atoms with Crippen molar-refractivity contribution in [2.24, 2.45) is 0 Å². The number of fused-ring (bicyclic) bond motifs is 2. The van der Waals surface area contributed by atoms with Crippen molar-refractivity contribution in [3.63, 3.8) is 0 Å². The number of rotatable bonds is 1. The zero-order valence-electron chi connectivity index (χ0n) is 13.7. The molecule has 0 aliphatic carbocycles. The Balaban J connectivity index is 1.82. The second kappa shape index (κ2) is 4.77. The van der Waals surface area contributed by atoms with Gasteiger partial charge in [0.05, 0.1) is 11.1 Å². The molecule has 4 rings (SSSR count). The number of hydrogen-bond acceptors (Lipinski definition) is 4. The lowest BCUT2D eigenvalue weighted by Gasteiger charge is -2.29. The Labute approximate surface area is 138 Å². The fourth-order valence-corrected chi connectivity index (χ4v) is 2.98. The van der Waals surface area contributed by atoms with Gasteiger partial charge < -0.3 is 4.42 Å². The first kappa shape index (κ1) is 14.6. The summed E-state index contributed by atoms with van der Waals surface area (Å²) in [6.07, 6.45) is 0. The summed E-state index contributed by atoms with van der Waals surface area (Å²) in [6.45, 7) is 5.53. The van der Waals surface area contributed by atoms with E-state index in [9.17, 15) is 9.59 Å². The van der Waals surface area contributed by atoms with E-state index < -0.39 is 5.54 Å². The minimum absolute atomic E-state index is 0.258. The Kier molecular flexibility index (Phi) is 2.91. The van der Waals surface area contributed by atoms with Crippen molar-refractivity contribution in [3.8, 4) is 11.5 Å². The number of amides is 2. The van der Waals surface area contributed by atoms with E-state index in [2.05, 4.69) is 4.98 Å². The van der Waals surface area contributed by atoms with E-state index in [1.54, 1.807) is 18.2 Å². The molecule has 5 heteroatoms. The van der Waals surface area contributed by atoms with E-state index in [0.29, 0.717) is 28.2 Å². The average molecular weight is 320 g/mol. The maximum Gasteiger partial charge on any atom is 0.262 e. The van der Waals surface area contributed by atoms with Gasteiger partial charge in [-0.3, -0.25) is 14.5 Å². The van der Waals surface area contributed by atoms with Crippen LogP contribution < -0.4 is 0 Å². The summed E-state index contributed by atoms with van der Waals surface area (Å²) < 4.78 is 5.75. The highest BCUT2D eigenvalue weighted by molar-refractivity contribution is 6.22. The summed E-state index contributed by atoms with van der Waals surface area (Å²) in [6, 6.07) is 12.6. The fourth-order valence-electron chi connectivity index (χ4n) is 2.98. The Morgan fingerprint density at radius 3 is 2.38 bits per heavy atom. The SMILES string of the molecule is CC(C)(C)N1C(=O)c2ccc(-c3nc4ccccc4o3)cc2C1=O. The molecule has 2 heterocycles. The lowest BCUT2D eigenvalue weighted by molar-refractivity contribution is 0.0508. The van der Waals surface area contributed by atoms with Gasteiger partial charge in [0.25, 0.3) is 11.8 Å². The number of nitrogens with zero attached hydrogens (tertiary/aromatic N) is 2. The van der Waals surface area contributed by atoms with Gasteiger partial charge in [-0.25, -0.2) is 4.98 Å². The summed E-state index contributed by atoms with van der Waals surface area (Å²) in [4.78, 5) is 30.9. The molecule has 1 aliphatic rings. The molecule has 24 heavy (non-hydrogen) atoms. The molecule has 2 amide bonds. The standard InChI is InChI=1S/C19H16N2O3/c1-19(2,3)21-17(22)12-9-8-11(10-13(12)18(21)23)16-20-14-6-4-5-7-15(14)24-16/h4-10H,1-3H3. The zero-order chi connectivity index (χ0) is 17.1. The van der Waals surface area contributed by atoms with Crippen molar-refractivity contribution in [1.82, 2.24) is 9.88 Å². The minimum Gasteiger partial charge on any atom is -0.436 e. The number of benzene rings is 2. The maximum atomic E-state index is 12.7. The highest BCUT2D eigenvalue weighted by atomic mass is 16.3. The van der Waals surface area contributed by atoms with Crippen LogP contribution in [0.15, 0.2) is 46.9 Å². The molecule has 3 aromatic rings. The molecule has 0 radical (unpaired) electrons. The maximum absolute atomic E-state index is 12.7. The van der Waals surface area contributed by atoms with Gasteiger partial charge in [0.15, 0.2) is 5.58 Å². The third-order valence-corrected chi connectivity index (χ3v) is 4.10. The van der Waals surface area contributed by atoms with Gasteiger partial charge in [0.1, 0.15) is 5.52 Å². The van der Waals surface area contributed by atoms with Crippen LogP contribution in [0.4, 0.5) is 0 Å². The van der Waals surface area contributed by atoms with Crippen LogP contribution in [0.2, 0.25) is 0 Å². The molecule has 0 fully saturated rings. The first-order chi connectivity index (χ1) is 11.4. The molecule has 120 valence electrons. The molecule has 1 aromatic heterocycles. The number of para-hydroxylation sites is 2. The molecule has 0 N–H and O–H groups in total. The van der Waals surface area contributed by atoms with Crippen molar-refractivity contribution in [3.05, 3.63) is 53.6 Å². The Bertz CT molecular complexity index is 962. The molecule has 2 aromatic carbocycles. The molecule has 0 saturated heterocycles. The molecule has 0 bridgehead atoms. The van der Waals surface area contributed by atoms with Crippen LogP contribution in [0.25, 0.3) is 22.6 Å². The molecule has 0 unspecified atom stereocenters. The van der Waals surface area contributed by atoms with Crippen molar-refractivity contribution in [2.75, 3.05) is 0 Å². The van der Waals surface area contributed by atoms with Gasteiger partial charge >= 0.3 is 0 Å². The number of carbonyl (C=O) groups is 2. The number of oxazole rings is 1. The van der Waals surface area contributed by atoms with E-state index in [1.807, 2.05) is 45.0 Å². The lowest BCUT2D eigenvalue weighted by atomic mass is 10.1. The van der Waals surface area contributed by atoms with Crippen LogP contribution in [-0.2, 0) is 0 Å². The third kappa shape index (κ3) is 2.05. The largest absolute Gasteiger partial charge is 0.436 e. The number of carbonyl (C=O) groups excluding carboxylic acids is 2. The quantitative estimate of drug-likeness (QED) is 0.638. The van der Waals surface area contributed by atoms with Gasteiger partial charge in [-0.05, 0) is 51.1 Å². The van der Waals surface area contributed by atoms with Crippen LogP contribution in [-0.4, -0.2) is 27.2 Å². The molecule has 1 aliphatic heterocycles. The molecular weight excluding hydrogens is 304 g/mol. The van der Waals surface area contributed by atoms with Crippen molar-refractivity contribution >= 4 is 22.9 Å². The Morgan fingerprint density at radius 1 is 0.958 bits per heavy atom. The topological polar surface area (TPSA) is 63.4 Å². The average Bonchev–Trinajstić information content (AvgIpc) is 3.06. The number of imide groups is 1.